The van der Waals surface area contributed by atoms with Crippen molar-refractivity contribution >= 4 is 15.9 Å². The quantitative estimate of drug-likeness (QED) is 0.444. The monoisotopic (exact) mass is 482 g/mol. The molecule has 0 unspecified atom stereocenters. The normalized spacial score (nSPS) is 12.2. The maximum atomic E-state index is 13.5. The second-order valence-electron chi connectivity index (χ2n) is 7.69. The molecule has 3 rings (SSSR count). The standard InChI is InChI=1S/C26H30N2O5S/c1-4-33-22-14-16-23(17-15-22)34(30,31)28(18-21-10-6-5-7-11-21)19-26(29)27-20(2)24-12-8-9-13-25(24)32-3/h5-17,20H,4,18-19H2,1-3H3,(H,27,29)/t20-/m0/s1. The molecule has 3 aromatic carbocycles. The highest BCUT2D eigenvalue weighted by Crippen LogP contribution is 2.25. The van der Waals surface area contributed by atoms with E-state index in [0.717, 1.165) is 11.1 Å². The zero-order valence-corrected chi connectivity index (χ0v) is 20.4. The number of rotatable bonds is 11. The minimum Gasteiger partial charge on any atom is -0.496 e. The van der Waals surface area contributed by atoms with Gasteiger partial charge in [0.05, 0.1) is 31.2 Å². The van der Waals surface area contributed by atoms with E-state index in [0.29, 0.717) is 18.1 Å². The first-order valence-electron chi connectivity index (χ1n) is 11.0. The number of hydrogen-bond acceptors (Lipinski definition) is 5. The molecule has 0 saturated carbocycles. The first kappa shape index (κ1) is 25.3. The van der Waals surface area contributed by atoms with Crippen LogP contribution in [0.1, 0.15) is 31.0 Å². The van der Waals surface area contributed by atoms with Crippen molar-refractivity contribution in [1.29, 1.82) is 0 Å². The SMILES string of the molecule is CCOc1ccc(S(=O)(=O)N(CC(=O)N[C@@H](C)c2ccccc2OC)Cc2ccccc2)cc1. The van der Waals surface area contributed by atoms with E-state index >= 15 is 0 Å². The van der Waals surface area contributed by atoms with E-state index in [9.17, 15) is 13.2 Å². The molecule has 0 aliphatic rings. The van der Waals surface area contributed by atoms with Crippen LogP contribution in [0.25, 0.3) is 0 Å². The molecule has 0 fully saturated rings. The highest BCUT2D eigenvalue weighted by Gasteiger charge is 2.28. The summed E-state index contributed by atoms with van der Waals surface area (Å²) in [6, 6.07) is 22.4. The maximum absolute atomic E-state index is 13.5. The Bertz CT molecular complexity index is 1180. The highest BCUT2D eigenvalue weighted by molar-refractivity contribution is 7.89. The lowest BCUT2D eigenvalue weighted by Crippen LogP contribution is -2.41. The van der Waals surface area contributed by atoms with E-state index < -0.39 is 15.9 Å². The number of carbonyl (C=O) groups excluding carboxylic acids is 1. The van der Waals surface area contributed by atoms with Gasteiger partial charge in [0.25, 0.3) is 0 Å². The molecule has 8 heteroatoms. The molecule has 3 aromatic rings. The van der Waals surface area contributed by atoms with Crippen molar-refractivity contribution in [2.75, 3.05) is 20.3 Å². The third-order valence-electron chi connectivity index (χ3n) is 5.28. The lowest BCUT2D eigenvalue weighted by Gasteiger charge is -2.24. The molecule has 0 bridgehead atoms. The van der Waals surface area contributed by atoms with Gasteiger partial charge in [0.2, 0.25) is 15.9 Å². The van der Waals surface area contributed by atoms with Gasteiger partial charge in [0.15, 0.2) is 0 Å². The molecule has 0 spiro atoms. The van der Waals surface area contributed by atoms with E-state index in [1.165, 1.54) is 16.4 Å². The van der Waals surface area contributed by atoms with E-state index in [4.69, 9.17) is 9.47 Å². The number of nitrogens with one attached hydrogen (secondary N) is 1. The van der Waals surface area contributed by atoms with Crippen LogP contribution < -0.4 is 14.8 Å². The number of ether oxygens (including phenoxy) is 2. The number of methoxy groups -OCH3 is 1. The number of amides is 1. The van der Waals surface area contributed by atoms with Crippen LogP contribution in [0.15, 0.2) is 83.8 Å². The van der Waals surface area contributed by atoms with Crippen molar-refractivity contribution in [3.63, 3.8) is 0 Å². The zero-order chi connectivity index (χ0) is 24.6. The first-order valence-corrected chi connectivity index (χ1v) is 12.5. The molecular formula is C26H30N2O5S. The van der Waals surface area contributed by atoms with E-state index in [1.54, 1.807) is 19.2 Å². The lowest BCUT2D eigenvalue weighted by molar-refractivity contribution is -0.122. The summed E-state index contributed by atoms with van der Waals surface area (Å²) in [6.07, 6.45) is 0. The van der Waals surface area contributed by atoms with Gasteiger partial charge in [-0.1, -0.05) is 48.5 Å². The van der Waals surface area contributed by atoms with Crippen molar-refractivity contribution in [1.82, 2.24) is 9.62 Å². The highest BCUT2D eigenvalue weighted by atomic mass is 32.2. The van der Waals surface area contributed by atoms with Crippen LogP contribution in [-0.4, -0.2) is 38.9 Å². The molecule has 1 amide bonds. The van der Waals surface area contributed by atoms with Gasteiger partial charge in [-0.05, 0) is 49.7 Å². The predicted octanol–water partition coefficient (Wildman–Crippen LogP) is 4.16. The molecule has 0 aliphatic heterocycles. The Kier molecular flexibility index (Phi) is 8.67. The minimum absolute atomic E-state index is 0.0623. The second-order valence-corrected chi connectivity index (χ2v) is 9.63. The fraction of sp³-hybridized carbons (Fsp3) is 0.269. The van der Waals surface area contributed by atoms with Gasteiger partial charge in [-0.2, -0.15) is 4.31 Å². The smallest absolute Gasteiger partial charge is 0.243 e. The molecule has 7 nitrogen and oxygen atoms in total. The van der Waals surface area contributed by atoms with Gasteiger partial charge in [-0.25, -0.2) is 8.42 Å². The number of benzene rings is 3. The lowest BCUT2D eigenvalue weighted by atomic mass is 10.1. The zero-order valence-electron chi connectivity index (χ0n) is 19.6. The van der Waals surface area contributed by atoms with Crippen LogP contribution in [0.3, 0.4) is 0 Å². The Morgan fingerprint density at radius 3 is 2.26 bits per heavy atom. The molecule has 0 heterocycles. The number of carbonyl (C=O) groups is 1. The van der Waals surface area contributed by atoms with Crippen molar-refractivity contribution in [3.05, 3.63) is 90.0 Å². The number of nitrogens with zero attached hydrogens (tertiary/aromatic N) is 1. The fourth-order valence-corrected chi connectivity index (χ4v) is 4.97. The van der Waals surface area contributed by atoms with Gasteiger partial charge >= 0.3 is 0 Å². The van der Waals surface area contributed by atoms with Gasteiger partial charge in [-0.15, -0.1) is 0 Å². The summed E-state index contributed by atoms with van der Waals surface area (Å²) in [5.74, 6) is 0.821. The third-order valence-corrected chi connectivity index (χ3v) is 7.08. The van der Waals surface area contributed by atoms with Crippen LogP contribution in [0, 0.1) is 0 Å². The molecular weight excluding hydrogens is 452 g/mol. The summed E-state index contributed by atoms with van der Waals surface area (Å²) < 4.78 is 38.9. The molecule has 0 aromatic heterocycles. The average molecular weight is 483 g/mol. The maximum Gasteiger partial charge on any atom is 0.243 e. The molecule has 34 heavy (non-hydrogen) atoms. The van der Waals surface area contributed by atoms with Crippen molar-refractivity contribution in [3.8, 4) is 11.5 Å². The Morgan fingerprint density at radius 2 is 1.62 bits per heavy atom. The van der Waals surface area contributed by atoms with Gasteiger partial charge in [-0.3, -0.25) is 4.79 Å². The minimum atomic E-state index is -3.95. The fourth-order valence-electron chi connectivity index (χ4n) is 3.59. The third kappa shape index (κ3) is 6.36. The van der Waals surface area contributed by atoms with Gasteiger partial charge in [0.1, 0.15) is 11.5 Å². The number of para-hydroxylation sites is 1. The molecule has 0 saturated heterocycles. The van der Waals surface area contributed by atoms with Crippen LogP contribution in [0.5, 0.6) is 11.5 Å². The van der Waals surface area contributed by atoms with Crippen LogP contribution in [-0.2, 0) is 21.4 Å². The summed E-state index contributed by atoms with van der Waals surface area (Å²) in [4.78, 5) is 13.1. The Labute approximate surface area is 201 Å². The summed E-state index contributed by atoms with van der Waals surface area (Å²) in [5, 5.41) is 2.89. The van der Waals surface area contributed by atoms with Crippen molar-refractivity contribution < 1.29 is 22.7 Å². The predicted molar refractivity (Wildman–Crippen MR) is 131 cm³/mol. The molecule has 0 aliphatic carbocycles. The van der Waals surface area contributed by atoms with E-state index in [2.05, 4.69) is 5.32 Å². The van der Waals surface area contributed by atoms with E-state index in [1.807, 2.05) is 68.4 Å². The van der Waals surface area contributed by atoms with Crippen molar-refractivity contribution in [2.45, 2.75) is 31.3 Å². The van der Waals surface area contributed by atoms with Gasteiger partial charge < -0.3 is 14.8 Å². The average Bonchev–Trinajstić information content (AvgIpc) is 2.84. The topological polar surface area (TPSA) is 84.9 Å². The molecule has 180 valence electrons. The molecule has 0 radical (unpaired) electrons. The summed E-state index contributed by atoms with van der Waals surface area (Å²) in [5.41, 5.74) is 1.59. The summed E-state index contributed by atoms with van der Waals surface area (Å²) >= 11 is 0. The second kappa shape index (κ2) is 11.7. The first-order chi connectivity index (χ1) is 16.3. The van der Waals surface area contributed by atoms with Crippen LogP contribution >= 0.6 is 0 Å². The number of hydrogen-bond donors (Lipinski definition) is 1. The van der Waals surface area contributed by atoms with Crippen LogP contribution in [0.2, 0.25) is 0 Å². The number of sulfonamides is 1. The summed E-state index contributed by atoms with van der Waals surface area (Å²) in [6.45, 7) is 3.91. The molecule has 1 N–H and O–H groups in total. The summed E-state index contributed by atoms with van der Waals surface area (Å²) in [7, 11) is -2.38. The van der Waals surface area contributed by atoms with E-state index in [-0.39, 0.29) is 24.0 Å². The van der Waals surface area contributed by atoms with Gasteiger partial charge in [0, 0.05) is 12.1 Å². The largest absolute Gasteiger partial charge is 0.496 e. The van der Waals surface area contributed by atoms with Crippen molar-refractivity contribution in [2.24, 2.45) is 0 Å². The Hall–Kier alpha value is -3.36. The Balaban J connectivity index is 1.83. The Morgan fingerprint density at radius 1 is 0.971 bits per heavy atom. The van der Waals surface area contributed by atoms with Crippen LogP contribution in [0.4, 0.5) is 0 Å². The molecule has 1 atom stereocenters.